The Bertz CT molecular complexity index is 758. The van der Waals surface area contributed by atoms with Gasteiger partial charge in [0, 0.05) is 49.0 Å². The number of rotatable bonds is 3. The van der Waals surface area contributed by atoms with E-state index in [0.29, 0.717) is 0 Å². The number of nitrogens with zero attached hydrogens (tertiary/aromatic N) is 4. The first-order chi connectivity index (χ1) is 9.29. The molecule has 0 saturated carbocycles. The second kappa shape index (κ2) is 4.62. The van der Waals surface area contributed by atoms with Crippen molar-refractivity contribution in [1.29, 1.82) is 5.26 Å². The van der Waals surface area contributed by atoms with Gasteiger partial charge in [-0.25, -0.2) is 0 Å². The molecule has 0 atom stereocenters. The van der Waals surface area contributed by atoms with Crippen LogP contribution in [0.3, 0.4) is 0 Å². The van der Waals surface area contributed by atoms with Crippen LogP contribution in [0, 0.1) is 11.3 Å². The molecule has 94 valence electrons. The first-order valence-corrected chi connectivity index (χ1v) is 6.24. The van der Waals surface area contributed by atoms with E-state index in [0.717, 1.165) is 29.4 Å². The molecule has 1 aromatic carbocycles. The Morgan fingerprint density at radius 1 is 1.26 bits per heavy atom. The monoisotopic (exact) mass is 250 g/mol. The Morgan fingerprint density at radius 2 is 2.16 bits per heavy atom. The van der Waals surface area contributed by atoms with Crippen molar-refractivity contribution in [2.45, 2.75) is 13.0 Å². The van der Waals surface area contributed by atoms with Gasteiger partial charge < -0.3 is 4.57 Å². The quantitative estimate of drug-likeness (QED) is 0.717. The third kappa shape index (κ3) is 2.00. The summed E-state index contributed by atoms with van der Waals surface area (Å²) in [6.07, 6.45) is 4.79. The van der Waals surface area contributed by atoms with Crippen LogP contribution >= 0.6 is 0 Å². The molecular weight excluding hydrogens is 236 g/mol. The second-order valence-electron chi connectivity index (χ2n) is 4.56. The third-order valence-corrected chi connectivity index (χ3v) is 3.47. The first kappa shape index (κ1) is 11.5. The zero-order chi connectivity index (χ0) is 13.2. The van der Waals surface area contributed by atoms with Gasteiger partial charge in [-0.1, -0.05) is 6.07 Å². The summed E-state index contributed by atoms with van der Waals surface area (Å²) in [7, 11) is 1.96. The molecule has 4 nitrogen and oxygen atoms in total. The topological polar surface area (TPSA) is 46.5 Å². The molecule has 0 aliphatic heterocycles. The summed E-state index contributed by atoms with van der Waals surface area (Å²) in [5, 5.41) is 14.3. The number of hydrogen-bond acceptors (Lipinski definition) is 2. The number of nitriles is 1. The SMILES string of the molecule is Cn1nccc1CCn1ccc2c(C#N)cccc21. The molecule has 0 bridgehead atoms. The lowest BCUT2D eigenvalue weighted by Gasteiger charge is -2.06. The maximum atomic E-state index is 9.09. The van der Waals surface area contributed by atoms with Gasteiger partial charge >= 0.3 is 0 Å². The van der Waals surface area contributed by atoms with Crippen LogP contribution in [0.2, 0.25) is 0 Å². The van der Waals surface area contributed by atoms with Gasteiger partial charge in [0.05, 0.1) is 11.6 Å². The van der Waals surface area contributed by atoms with Gasteiger partial charge in [-0.15, -0.1) is 0 Å². The summed E-state index contributed by atoms with van der Waals surface area (Å²) >= 11 is 0. The summed E-state index contributed by atoms with van der Waals surface area (Å²) in [5.74, 6) is 0. The average molecular weight is 250 g/mol. The van der Waals surface area contributed by atoms with Crippen molar-refractivity contribution in [3.8, 4) is 6.07 Å². The summed E-state index contributed by atoms with van der Waals surface area (Å²) in [4.78, 5) is 0. The van der Waals surface area contributed by atoms with Crippen molar-refractivity contribution in [3.63, 3.8) is 0 Å². The number of hydrogen-bond donors (Lipinski definition) is 0. The first-order valence-electron chi connectivity index (χ1n) is 6.24. The molecule has 0 spiro atoms. The Labute approximate surface area is 111 Å². The van der Waals surface area contributed by atoms with E-state index < -0.39 is 0 Å². The van der Waals surface area contributed by atoms with Gasteiger partial charge in [0.1, 0.15) is 0 Å². The van der Waals surface area contributed by atoms with Crippen molar-refractivity contribution in [2.24, 2.45) is 7.05 Å². The highest BCUT2D eigenvalue weighted by Crippen LogP contribution is 2.20. The van der Waals surface area contributed by atoms with Gasteiger partial charge in [-0.05, 0) is 24.3 Å². The lowest BCUT2D eigenvalue weighted by Crippen LogP contribution is -2.04. The highest BCUT2D eigenvalue weighted by Gasteiger charge is 2.06. The molecule has 2 heterocycles. The lowest BCUT2D eigenvalue weighted by atomic mass is 10.1. The lowest BCUT2D eigenvalue weighted by molar-refractivity contribution is 0.649. The van der Waals surface area contributed by atoms with Gasteiger partial charge in [0.15, 0.2) is 0 Å². The van der Waals surface area contributed by atoms with E-state index in [2.05, 4.69) is 21.8 Å². The standard InChI is InChI=1S/C15H14N4/c1-18-13(5-8-17-18)6-9-19-10-7-14-12(11-16)3-2-4-15(14)19/h2-5,7-8,10H,6,9H2,1H3. The molecule has 0 unspecified atom stereocenters. The fourth-order valence-electron chi connectivity index (χ4n) is 2.40. The molecule has 4 heteroatoms. The fraction of sp³-hybridized carbons (Fsp3) is 0.200. The summed E-state index contributed by atoms with van der Waals surface area (Å²) in [6, 6.07) is 12.1. The minimum absolute atomic E-state index is 0.733. The molecule has 0 fully saturated rings. The van der Waals surface area contributed by atoms with Crippen LogP contribution < -0.4 is 0 Å². The maximum Gasteiger partial charge on any atom is 0.0998 e. The molecular formula is C15H14N4. The van der Waals surface area contributed by atoms with E-state index in [-0.39, 0.29) is 0 Å². The van der Waals surface area contributed by atoms with Gasteiger partial charge in [-0.3, -0.25) is 4.68 Å². The van der Waals surface area contributed by atoms with Gasteiger partial charge in [0.2, 0.25) is 0 Å². The molecule has 3 rings (SSSR count). The van der Waals surface area contributed by atoms with E-state index in [1.807, 2.05) is 48.4 Å². The Kier molecular flexibility index (Phi) is 2.81. The average Bonchev–Trinajstić information content (AvgIpc) is 3.02. The Hall–Kier alpha value is -2.54. The molecule has 0 amide bonds. The number of fused-ring (bicyclic) bond motifs is 1. The molecule has 0 radical (unpaired) electrons. The van der Waals surface area contributed by atoms with Crippen LogP contribution in [-0.2, 0) is 20.0 Å². The van der Waals surface area contributed by atoms with Crippen LogP contribution in [-0.4, -0.2) is 14.3 Å². The van der Waals surface area contributed by atoms with E-state index >= 15 is 0 Å². The van der Waals surface area contributed by atoms with E-state index in [9.17, 15) is 0 Å². The molecule has 0 N–H and O–H groups in total. The molecule has 3 aromatic rings. The normalized spacial score (nSPS) is 10.7. The predicted octanol–water partition coefficient (Wildman–Crippen LogP) is 2.49. The van der Waals surface area contributed by atoms with Crippen LogP contribution in [0.1, 0.15) is 11.3 Å². The van der Waals surface area contributed by atoms with Crippen LogP contribution in [0.4, 0.5) is 0 Å². The zero-order valence-corrected chi connectivity index (χ0v) is 10.7. The molecule has 0 saturated heterocycles. The molecule has 0 aliphatic carbocycles. The Morgan fingerprint density at radius 3 is 2.89 bits per heavy atom. The summed E-state index contributed by atoms with van der Waals surface area (Å²) < 4.78 is 4.08. The molecule has 0 aliphatic rings. The minimum Gasteiger partial charge on any atom is -0.347 e. The van der Waals surface area contributed by atoms with Crippen molar-refractivity contribution >= 4 is 10.9 Å². The number of aryl methyl sites for hydroxylation is 3. The van der Waals surface area contributed by atoms with E-state index in [1.54, 1.807) is 0 Å². The van der Waals surface area contributed by atoms with Crippen LogP contribution in [0.25, 0.3) is 10.9 Å². The van der Waals surface area contributed by atoms with Crippen molar-refractivity contribution in [3.05, 3.63) is 54.0 Å². The predicted molar refractivity (Wildman–Crippen MR) is 73.6 cm³/mol. The van der Waals surface area contributed by atoms with Crippen molar-refractivity contribution in [2.75, 3.05) is 0 Å². The van der Waals surface area contributed by atoms with Crippen LogP contribution in [0.5, 0.6) is 0 Å². The zero-order valence-electron chi connectivity index (χ0n) is 10.7. The minimum atomic E-state index is 0.733. The maximum absolute atomic E-state index is 9.09. The molecule has 2 aromatic heterocycles. The van der Waals surface area contributed by atoms with Gasteiger partial charge in [-0.2, -0.15) is 10.4 Å². The summed E-state index contributed by atoms with van der Waals surface area (Å²) in [6.45, 7) is 0.887. The highest BCUT2D eigenvalue weighted by molar-refractivity contribution is 5.85. The van der Waals surface area contributed by atoms with Gasteiger partial charge in [0.25, 0.3) is 0 Å². The number of aromatic nitrogens is 3. The second-order valence-corrected chi connectivity index (χ2v) is 4.56. The smallest absolute Gasteiger partial charge is 0.0998 e. The van der Waals surface area contributed by atoms with E-state index in [4.69, 9.17) is 5.26 Å². The van der Waals surface area contributed by atoms with Crippen molar-refractivity contribution in [1.82, 2.24) is 14.3 Å². The largest absolute Gasteiger partial charge is 0.347 e. The van der Waals surface area contributed by atoms with E-state index in [1.165, 1.54) is 5.69 Å². The Balaban J connectivity index is 1.90. The highest BCUT2D eigenvalue weighted by atomic mass is 15.3. The number of benzene rings is 1. The summed E-state index contributed by atoms with van der Waals surface area (Å²) in [5.41, 5.74) is 3.05. The fourth-order valence-corrected chi connectivity index (χ4v) is 2.40. The van der Waals surface area contributed by atoms with Crippen molar-refractivity contribution < 1.29 is 0 Å². The third-order valence-electron chi connectivity index (χ3n) is 3.47. The molecule has 19 heavy (non-hydrogen) atoms. The van der Waals surface area contributed by atoms with Crippen LogP contribution in [0.15, 0.2) is 42.7 Å².